The van der Waals surface area contributed by atoms with Gasteiger partial charge in [0.15, 0.2) is 5.79 Å². The van der Waals surface area contributed by atoms with Gasteiger partial charge in [0.05, 0.1) is 13.2 Å². The van der Waals surface area contributed by atoms with E-state index < -0.39 is 0 Å². The average molecular weight is 198 g/mol. The third-order valence-electron chi connectivity index (χ3n) is 4.15. The molecule has 0 atom stereocenters. The number of hydrogen-bond acceptors (Lipinski definition) is 2. The first-order chi connectivity index (χ1) is 6.74. The van der Waals surface area contributed by atoms with Crippen LogP contribution in [0.4, 0.5) is 0 Å². The number of rotatable bonds is 2. The SMILES string of the molecule is CCC1(CC)COC2(CCCC2)OC1. The van der Waals surface area contributed by atoms with E-state index in [1.165, 1.54) is 25.7 Å². The van der Waals surface area contributed by atoms with Gasteiger partial charge in [-0.2, -0.15) is 0 Å². The molecule has 14 heavy (non-hydrogen) atoms. The van der Waals surface area contributed by atoms with Gasteiger partial charge in [0.25, 0.3) is 0 Å². The van der Waals surface area contributed by atoms with Gasteiger partial charge in [-0.05, 0) is 25.7 Å². The summed E-state index contributed by atoms with van der Waals surface area (Å²) < 4.78 is 12.0. The second-order valence-corrected chi connectivity index (χ2v) is 4.90. The largest absolute Gasteiger partial charge is 0.349 e. The molecule has 1 heterocycles. The zero-order valence-corrected chi connectivity index (χ0v) is 9.47. The van der Waals surface area contributed by atoms with E-state index in [0.29, 0.717) is 5.41 Å². The van der Waals surface area contributed by atoms with E-state index in [0.717, 1.165) is 26.1 Å². The van der Waals surface area contributed by atoms with Crippen molar-refractivity contribution in [2.24, 2.45) is 5.41 Å². The summed E-state index contributed by atoms with van der Waals surface area (Å²) in [5, 5.41) is 0. The summed E-state index contributed by atoms with van der Waals surface area (Å²) in [7, 11) is 0. The molecule has 2 rings (SSSR count). The molecule has 0 aromatic rings. The van der Waals surface area contributed by atoms with Crippen LogP contribution in [0.3, 0.4) is 0 Å². The molecular weight excluding hydrogens is 176 g/mol. The quantitative estimate of drug-likeness (QED) is 0.678. The predicted molar refractivity (Wildman–Crippen MR) is 56.1 cm³/mol. The van der Waals surface area contributed by atoms with Crippen molar-refractivity contribution >= 4 is 0 Å². The zero-order valence-electron chi connectivity index (χ0n) is 9.47. The van der Waals surface area contributed by atoms with Crippen LogP contribution < -0.4 is 0 Å². The molecule has 2 aliphatic rings. The smallest absolute Gasteiger partial charge is 0.168 e. The number of hydrogen-bond donors (Lipinski definition) is 0. The Bertz CT molecular complexity index is 172. The van der Waals surface area contributed by atoms with Crippen LogP contribution in [-0.4, -0.2) is 19.0 Å². The molecule has 1 spiro atoms. The second kappa shape index (κ2) is 3.82. The lowest BCUT2D eigenvalue weighted by Gasteiger charge is -2.44. The first-order valence-corrected chi connectivity index (χ1v) is 6.02. The van der Waals surface area contributed by atoms with Crippen molar-refractivity contribution in [3.05, 3.63) is 0 Å². The zero-order chi connectivity index (χ0) is 10.1. The fourth-order valence-electron chi connectivity index (χ4n) is 2.51. The summed E-state index contributed by atoms with van der Waals surface area (Å²) in [6, 6.07) is 0. The third kappa shape index (κ3) is 1.70. The molecule has 1 saturated carbocycles. The minimum Gasteiger partial charge on any atom is -0.349 e. The minimum atomic E-state index is -0.173. The highest BCUT2D eigenvalue weighted by Gasteiger charge is 2.44. The van der Waals surface area contributed by atoms with Crippen molar-refractivity contribution < 1.29 is 9.47 Å². The van der Waals surface area contributed by atoms with Crippen LogP contribution >= 0.6 is 0 Å². The maximum absolute atomic E-state index is 6.00. The van der Waals surface area contributed by atoms with Crippen molar-refractivity contribution in [3.63, 3.8) is 0 Å². The minimum absolute atomic E-state index is 0.173. The van der Waals surface area contributed by atoms with Crippen LogP contribution in [0.5, 0.6) is 0 Å². The third-order valence-corrected chi connectivity index (χ3v) is 4.15. The Hall–Kier alpha value is -0.0800. The lowest BCUT2D eigenvalue weighted by atomic mass is 9.83. The maximum Gasteiger partial charge on any atom is 0.168 e. The Balaban J connectivity index is 1.96. The van der Waals surface area contributed by atoms with Crippen LogP contribution in [0.1, 0.15) is 52.4 Å². The standard InChI is InChI=1S/C12H22O2/c1-3-11(4-2)9-13-12(14-10-11)7-5-6-8-12/h3-10H2,1-2H3. The summed E-state index contributed by atoms with van der Waals surface area (Å²) in [5.74, 6) is -0.173. The van der Waals surface area contributed by atoms with Gasteiger partial charge in [0, 0.05) is 18.3 Å². The molecule has 0 bridgehead atoms. The molecule has 0 aromatic carbocycles. The number of ether oxygens (including phenoxy) is 2. The van der Waals surface area contributed by atoms with Crippen molar-refractivity contribution in [3.8, 4) is 0 Å². The van der Waals surface area contributed by atoms with E-state index in [1.54, 1.807) is 0 Å². The van der Waals surface area contributed by atoms with Gasteiger partial charge >= 0.3 is 0 Å². The van der Waals surface area contributed by atoms with Crippen molar-refractivity contribution in [1.82, 2.24) is 0 Å². The maximum atomic E-state index is 6.00. The molecule has 1 aliphatic carbocycles. The highest BCUT2D eigenvalue weighted by atomic mass is 16.7. The fraction of sp³-hybridized carbons (Fsp3) is 1.00. The topological polar surface area (TPSA) is 18.5 Å². The molecule has 0 radical (unpaired) electrons. The van der Waals surface area contributed by atoms with Crippen LogP contribution in [-0.2, 0) is 9.47 Å². The van der Waals surface area contributed by atoms with Crippen molar-refractivity contribution in [2.45, 2.75) is 58.2 Å². The first kappa shape index (κ1) is 10.4. The first-order valence-electron chi connectivity index (χ1n) is 6.02. The normalized spacial score (nSPS) is 29.6. The van der Waals surface area contributed by atoms with Crippen LogP contribution in [0.25, 0.3) is 0 Å². The van der Waals surface area contributed by atoms with Crippen LogP contribution in [0.2, 0.25) is 0 Å². The van der Waals surface area contributed by atoms with E-state index >= 15 is 0 Å². The van der Waals surface area contributed by atoms with E-state index in [-0.39, 0.29) is 5.79 Å². The van der Waals surface area contributed by atoms with Crippen LogP contribution in [0.15, 0.2) is 0 Å². The molecule has 1 aliphatic heterocycles. The molecule has 2 nitrogen and oxygen atoms in total. The van der Waals surface area contributed by atoms with Gasteiger partial charge in [-0.3, -0.25) is 0 Å². The Morgan fingerprint density at radius 2 is 1.43 bits per heavy atom. The average Bonchev–Trinajstić information content (AvgIpc) is 2.69. The Morgan fingerprint density at radius 3 is 1.86 bits per heavy atom. The Kier molecular flexibility index (Phi) is 2.85. The molecular formula is C12H22O2. The lowest BCUT2D eigenvalue weighted by molar-refractivity contribution is -0.301. The van der Waals surface area contributed by atoms with Crippen LogP contribution in [0, 0.1) is 5.41 Å². The Morgan fingerprint density at radius 1 is 0.929 bits per heavy atom. The molecule has 2 heteroatoms. The lowest BCUT2D eigenvalue weighted by Crippen LogP contribution is -2.47. The highest BCUT2D eigenvalue weighted by molar-refractivity contribution is 4.86. The van der Waals surface area contributed by atoms with Gasteiger partial charge in [-0.15, -0.1) is 0 Å². The second-order valence-electron chi connectivity index (χ2n) is 4.90. The monoisotopic (exact) mass is 198 g/mol. The van der Waals surface area contributed by atoms with Gasteiger partial charge in [-0.1, -0.05) is 13.8 Å². The summed E-state index contributed by atoms with van der Waals surface area (Å²) in [4.78, 5) is 0. The predicted octanol–water partition coefficient (Wildman–Crippen LogP) is 3.11. The highest BCUT2D eigenvalue weighted by Crippen LogP contribution is 2.42. The molecule has 0 aromatic heterocycles. The summed E-state index contributed by atoms with van der Waals surface area (Å²) in [5.41, 5.74) is 0.299. The van der Waals surface area contributed by atoms with Gasteiger partial charge < -0.3 is 9.47 Å². The molecule has 0 amide bonds. The van der Waals surface area contributed by atoms with E-state index in [4.69, 9.17) is 9.47 Å². The summed E-state index contributed by atoms with van der Waals surface area (Å²) >= 11 is 0. The fourth-order valence-corrected chi connectivity index (χ4v) is 2.51. The van der Waals surface area contributed by atoms with E-state index in [1.807, 2.05) is 0 Å². The van der Waals surface area contributed by atoms with E-state index in [2.05, 4.69) is 13.8 Å². The molecule has 82 valence electrons. The van der Waals surface area contributed by atoms with Gasteiger partial charge in [-0.25, -0.2) is 0 Å². The van der Waals surface area contributed by atoms with Gasteiger partial charge in [0.2, 0.25) is 0 Å². The van der Waals surface area contributed by atoms with E-state index in [9.17, 15) is 0 Å². The van der Waals surface area contributed by atoms with Gasteiger partial charge in [0.1, 0.15) is 0 Å². The molecule has 2 fully saturated rings. The van der Waals surface area contributed by atoms with Crippen molar-refractivity contribution in [1.29, 1.82) is 0 Å². The summed E-state index contributed by atoms with van der Waals surface area (Å²) in [6.07, 6.45) is 7.09. The van der Waals surface area contributed by atoms with Crippen molar-refractivity contribution in [2.75, 3.05) is 13.2 Å². The molecule has 0 unspecified atom stereocenters. The molecule has 0 N–H and O–H groups in total. The summed E-state index contributed by atoms with van der Waals surface area (Å²) in [6.45, 7) is 6.28. The Labute approximate surface area is 87.0 Å². The molecule has 1 saturated heterocycles.